The van der Waals surface area contributed by atoms with Gasteiger partial charge in [0.25, 0.3) is 0 Å². The van der Waals surface area contributed by atoms with Crippen LogP contribution in [0.5, 0.6) is 11.5 Å². The number of carbonyl (C=O) groups excluding carboxylic acids is 1. The Morgan fingerprint density at radius 3 is 2.35 bits per heavy atom. The molecule has 10 aliphatic rings. The molecule has 6 saturated carbocycles. The SMILES string of the molecule is CCNCC1=C[C@]2(C)CC[C@@H]1[C@]1(O[C@H]3C[C@]4(O)C5=CC(=O)[C@H]6[C@@H](c7ccc(O)c(O)c7)[C@]7(O)CC[C@@]5(CC[C@]4(C)[C@@H]3[C@]1(O)CCO)[C@@]6(C)C[C@@H]7O)[C@@H](O)[C@H]2C. The molecule has 1 saturated heterocycles. The van der Waals surface area contributed by atoms with Gasteiger partial charge >= 0.3 is 0 Å². The van der Waals surface area contributed by atoms with Crippen molar-refractivity contribution in [2.75, 3.05) is 19.7 Å². The van der Waals surface area contributed by atoms with Crippen molar-refractivity contribution in [1.82, 2.24) is 5.32 Å². The summed E-state index contributed by atoms with van der Waals surface area (Å²) in [6.45, 7) is 11.3. The molecule has 0 unspecified atom stereocenters. The maximum atomic E-state index is 14.8. The zero-order valence-electron chi connectivity index (χ0n) is 32.9. The van der Waals surface area contributed by atoms with Crippen LogP contribution < -0.4 is 5.32 Å². The fraction of sp³-hybridized carbons (Fsp3) is 0.750. The van der Waals surface area contributed by atoms with E-state index in [1.165, 1.54) is 12.1 Å². The molecule has 16 atom stereocenters. The number of hydrogen-bond acceptors (Lipinski definition) is 11. The predicted molar refractivity (Wildman–Crippen MR) is 202 cm³/mol. The Morgan fingerprint density at radius 1 is 0.927 bits per heavy atom. The molecule has 55 heavy (non-hydrogen) atoms. The van der Waals surface area contributed by atoms with Gasteiger partial charge < -0.3 is 50.9 Å². The Morgan fingerprint density at radius 2 is 1.65 bits per heavy atom. The number of aliphatic hydroxyl groups is 6. The lowest BCUT2D eigenvalue weighted by molar-refractivity contribution is -0.248. The molecule has 0 aromatic heterocycles. The molecule has 0 amide bonds. The quantitative estimate of drug-likeness (QED) is 0.152. The third kappa shape index (κ3) is 4.22. The fourth-order valence-corrected chi connectivity index (χ4v) is 15.5. The van der Waals surface area contributed by atoms with Crippen molar-refractivity contribution in [1.29, 1.82) is 0 Å². The number of hydrogen-bond donors (Lipinski definition) is 9. The van der Waals surface area contributed by atoms with Gasteiger partial charge in [0.05, 0.1) is 29.5 Å². The van der Waals surface area contributed by atoms with E-state index in [9.17, 15) is 45.6 Å². The van der Waals surface area contributed by atoms with E-state index >= 15 is 0 Å². The number of benzene rings is 1. The Hall–Kier alpha value is -2.35. The standard InChI is InChI=1S/C44H61NO10/c1-6-45-22-25-19-37(3)10-9-26(25)44(36(51)23(37)2)42(53,15-16-46)35-30(55-44)20-43(54)31-18-29(49)34-33(24-7-8-27(47)28(48)17-24)41(52)14-13-40(31,12-11-38(35,43)4)39(34,5)21-32(41)50/h7-8,17-19,23,26,30,32-36,45-48,50-54H,6,9-16,20-22H2,1-5H3/t23-,26+,30+,32+,33-,34+,35-,36+,37+,38-,39+,40-,41+,42-,43+,44+/m1/s1. The number of nitrogens with one attached hydrogen (secondary N) is 1. The molecule has 9 aliphatic carbocycles. The van der Waals surface area contributed by atoms with E-state index in [2.05, 4.69) is 18.3 Å². The van der Waals surface area contributed by atoms with Gasteiger partial charge in [-0.15, -0.1) is 0 Å². The molecule has 1 aliphatic heterocycles. The lowest BCUT2D eigenvalue weighted by Gasteiger charge is -2.67. The normalized spacial score (nSPS) is 53.3. The minimum absolute atomic E-state index is 0.0470. The molecule has 11 heteroatoms. The molecule has 2 spiro atoms. The summed E-state index contributed by atoms with van der Waals surface area (Å²) in [5.74, 6) is -3.89. The summed E-state index contributed by atoms with van der Waals surface area (Å²) >= 11 is 0. The zero-order valence-corrected chi connectivity index (χ0v) is 32.9. The Bertz CT molecular complexity index is 1880. The highest BCUT2D eigenvalue weighted by Crippen LogP contribution is 2.80. The third-order valence-electron chi connectivity index (χ3n) is 18.3. The molecule has 11 rings (SSSR count). The zero-order chi connectivity index (χ0) is 39.5. The van der Waals surface area contributed by atoms with Crippen LogP contribution in [-0.2, 0) is 9.53 Å². The molecule has 0 radical (unpaired) electrons. The molecule has 7 fully saturated rings. The molecular formula is C44H61NO10. The van der Waals surface area contributed by atoms with E-state index in [1.807, 2.05) is 27.7 Å². The van der Waals surface area contributed by atoms with Crippen LogP contribution in [0.25, 0.3) is 0 Å². The minimum atomic E-state index is -1.74. The first-order valence-corrected chi connectivity index (χ1v) is 20.8. The summed E-state index contributed by atoms with van der Waals surface area (Å²) in [7, 11) is 0. The van der Waals surface area contributed by atoms with Gasteiger partial charge in [-0.1, -0.05) is 52.3 Å². The van der Waals surface area contributed by atoms with Crippen molar-refractivity contribution in [3.63, 3.8) is 0 Å². The van der Waals surface area contributed by atoms with Crippen LogP contribution in [0.4, 0.5) is 0 Å². The number of aliphatic hydroxyl groups excluding tert-OH is 3. The van der Waals surface area contributed by atoms with E-state index in [1.54, 1.807) is 12.1 Å². The van der Waals surface area contributed by atoms with Gasteiger partial charge in [-0.3, -0.25) is 4.79 Å². The monoisotopic (exact) mass is 763 g/mol. The number of aromatic hydroxyl groups is 2. The van der Waals surface area contributed by atoms with Gasteiger partial charge in [0.2, 0.25) is 0 Å². The van der Waals surface area contributed by atoms with Crippen LogP contribution in [0.2, 0.25) is 0 Å². The molecule has 1 aromatic rings. The lowest BCUT2D eigenvalue weighted by Crippen LogP contribution is -2.71. The van der Waals surface area contributed by atoms with Gasteiger partial charge in [0, 0.05) is 60.5 Å². The van der Waals surface area contributed by atoms with E-state index in [0.717, 1.165) is 18.5 Å². The first kappa shape index (κ1) is 38.2. The number of likely N-dealkylation sites (N-methyl/N-ethyl adjacent to an activating group) is 1. The number of phenolic OH excluding ortho intramolecular Hbond substituents is 2. The highest BCUT2D eigenvalue weighted by Gasteiger charge is 2.84. The second-order valence-electron chi connectivity index (χ2n) is 20.0. The number of ether oxygens (including phenoxy) is 1. The van der Waals surface area contributed by atoms with Gasteiger partial charge in [0.15, 0.2) is 17.3 Å². The topological polar surface area (TPSA) is 200 Å². The number of ketones is 1. The summed E-state index contributed by atoms with van der Waals surface area (Å²) in [5, 5.41) is 99.0. The van der Waals surface area contributed by atoms with Crippen molar-refractivity contribution >= 4 is 5.78 Å². The second kappa shape index (κ2) is 11.6. The molecular weight excluding hydrogens is 702 g/mol. The maximum absolute atomic E-state index is 14.8. The first-order valence-electron chi connectivity index (χ1n) is 20.8. The van der Waals surface area contributed by atoms with Crippen molar-refractivity contribution < 1.29 is 50.4 Å². The second-order valence-corrected chi connectivity index (χ2v) is 20.0. The van der Waals surface area contributed by atoms with Crippen LogP contribution in [0.15, 0.2) is 41.5 Å². The van der Waals surface area contributed by atoms with Gasteiger partial charge in [0.1, 0.15) is 11.2 Å². The molecule has 9 N–H and O–H groups in total. The summed E-state index contributed by atoms with van der Waals surface area (Å²) in [5.41, 5.74) is -7.42. The number of carbonyl (C=O) groups is 1. The first-order chi connectivity index (χ1) is 25.8. The molecule has 6 bridgehead atoms. The van der Waals surface area contributed by atoms with Crippen LogP contribution in [0.3, 0.4) is 0 Å². The van der Waals surface area contributed by atoms with Gasteiger partial charge in [-0.25, -0.2) is 0 Å². The number of phenols is 2. The fourth-order valence-electron chi connectivity index (χ4n) is 15.5. The van der Waals surface area contributed by atoms with E-state index < -0.39 is 74.7 Å². The number of fused-ring (bicyclic) bond motifs is 8. The molecule has 302 valence electrons. The Kier molecular flexibility index (Phi) is 8.09. The number of rotatable bonds is 6. The maximum Gasteiger partial charge on any atom is 0.160 e. The van der Waals surface area contributed by atoms with E-state index in [0.29, 0.717) is 43.4 Å². The summed E-state index contributed by atoms with van der Waals surface area (Å²) < 4.78 is 7.32. The molecule has 1 aromatic carbocycles. The average Bonchev–Trinajstić information content (AvgIpc) is 3.41. The lowest BCUT2D eigenvalue weighted by atomic mass is 9.38. The highest BCUT2D eigenvalue weighted by atomic mass is 16.6. The van der Waals surface area contributed by atoms with Crippen molar-refractivity contribution in [2.45, 2.75) is 139 Å². The summed E-state index contributed by atoms with van der Waals surface area (Å²) in [4.78, 5) is 14.8. The van der Waals surface area contributed by atoms with Crippen molar-refractivity contribution in [3.8, 4) is 11.5 Å². The summed E-state index contributed by atoms with van der Waals surface area (Å²) in [6, 6.07) is 4.32. The minimum Gasteiger partial charge on any atom is -0.504 e. The average molecular weight is 764 g/mol. The van der Waals surface area contributed by atoms with E-state index in [-0.39, 0.29) is 66.8 Å². The Labute approximate surface area is 323 Å². The third-order valence-corrected chi connectivity index (χ3v) is 18.3. The van der Waals surface area contributed by atoms with Crippen LogP contribution in [-0.4, -0.2) is 107 Å². The number of allylic oxidation sites excluding steroid dienone is 2. The predicted octanol–water partition coefficient (Wildman–Crippen LogP) is 3.35. The Balaban J connectivity index is 1.18. The molecule has 1 heterocycles. The van der Waals surface area contributed by atoms with Crippen molar-refractivity contribution in [2.24, 2.45) is 45.3 Å². The van der Waals surface area contributed by atoms with Crippen molar-refractivity contribution in [3.05, 3.63) is 47.1 Å². The van der Waals surface area contributed by atoms with Crippen LogP contribution in [0, 0.1) is 45.3 Å². The van der Waals surface area contributed by atoms with E-state index in [4.69, 9.17) is 4.74 Å². The smallest absolute Gasteiger partial charge is 0.160 e. The highest BCUT2D eigenvalue weighted by molar-refractivity contribution is 5.96. The summed E-state index contributed by atoms with van der Waals surface area (Å²) in [6.07, 6.45) is 4.17. The van der Waals surface area contributed by atoms with Crippen LogP contribution in [0.1, 0.15) is 104 Å². The molecule has 11 nitrogen and oxygen atoms in total. The van der Waals surface area contributed by atoms with Gasteiger partial charge in [-0.2, -0.15) is 0 Å². The largest absolute Gasteiger partial charge is 0.504 e. The van der Waals surface area contributed by atoms with Gasteiger partial charge in [-0.05, 0) is 97.6 Å². The van der Waals surface area contributed by atoms with Crippen LogP contribution >= 0.6 is 0 Å².